The zero-order chi connectivity index (χ0) is 16.1. The van der Waals surface area contributed by atoms with Gasteiger partial charge < -0.3 is 9.73 Å². The lowest BCUT2D eigenvalue weighted by atomic mass is 10.2. The molecule has 0 unspecified atom stereocenters. The van der Waals surface area contributed by atoms with Crippen molar-refractivity contribution in [1.82, 2.24) is 15.6 Å². The minimum atomic E-state index is -0.497. The number of urea groups is 1. The molecule has 0 aliphatic carbocycles. The molecule has 0 saturated heterocycles. The van der Waals surface area contributed by atoms with Crippen LogP contribution in [0, 0.1) is 5.92 Å². The fourth-order valence-electron chi connectivity index (χ4n) is 1.57. The van der Waals surface area contributed by atoms with E-state index in [0.717, 1.165) is 11.8 Å². The maximum Gasteiger partial charge on any atom is 0.321 e. The molecular formula is C14H16ClN3O3S. The molecule has 0 aliphatic rings. The fourth-order valence-corrected chi connectivity index (χ4v) is 2.38. The molecule has 2 N–H and O–H groups in total. The van der Waals surface area contributed by atoms with E-state index in [1.165, 1.54) is 0 Å². The van der Waals surface area contributed by atoms with Crippen molar-refractivity contribution in [3.05, 3.63) is 23.2 Å². The summed E-state index contributed by atoms with van der Waals surface area (Å²) in [5, 5.41) is 5.78. The maximum absolute atomic E-state index is 11.7. The quantitative estimate of drug-likeness (QED) is 0.816. The van der Waals surface area contributed by atoms with Gasteiger partial charge in [0.15, 0.2) is 5.58 Å². The van der Waals surface area contributed by atoms with Gasteiger partial charge in [-0.2, -0.15) is 0 Å². The van der Waals surface area contributed by atoms with Crippen LogP contribution in [0.3, 0.4) is 0 Å². The Morgan fingerprint density at radius 3 is 2.91 bits per heavy atom. The number of carbonyl (C=O) groups excluding carboxylic acids is 2. The molecule has 0 atom stereocenters. The van der Waals surface area contributed by atoms with Crippen molar-refractivity contribution in [2.75, 3.05) is 12.3 Å². The normalized spacial score (nSPS) is 10.9. The van der Waals surface area contributed by atoms with Crippen molar-refractivity contribution in [3.63, 3.8) is 0 Å². The number of benzene rings is 1. The number of amides is 3. The molecular weight excluding hydrogens is 326 g/mol. The second-order valence-corrected chi connectivity index (χ2v) is 6.40. The predicted molar refractivity (Wildman–Crippen MR) is 86.1 cm³/mol. The third-order valence-corrected chi connectivity index (χ3v) is 3.64. The highest BCUT2D eigenvalue weighted by Crippen LogP contribution is 2.25. The molecule has 22 heavy (non-hydrogen) atoms. The van der Waals surface area contributed by atoms with Gasteiger partial charge in [-0.25, -0.2) is 9.78 Å². The molecule has 0 spiro atoms. The largest absolute Gasteiger partial charge is 0.431 e. The molecule has 0 bridgehead atoms. The predicted octanol–water partition coefficient (Wildman–Crippen LogP) is 3.06. The van der Waals surface area contributed by atoms with E-state index in [-0.39, 0.29) is 5.75 Å². The molecule has 1 aromatic heterocycles. The Labute approximate surface area is 137 Å². The Morgan fingerprint density at radius 1 is 1.41 bits per heavy atom. The molecule has 2 aromatic rings. The van der Waals surface area contributed by atoms with E-state index in [1.54, 1.807) is 18.2 Å². The molecule has 3 amide bonds. The summed E-state index contributed by atoms with van der Waals surface area (Å²) in [6.45, 7) is 4.45. The van der Waals surface area contributed by atoms with Gasteiger partial charge in [0.2, 0.25) is 5.91 Å². The molecule has 1 heterocycles. The Hall–Kier alpha value is -1.73. The molecule has 118 valence electrons. The smallest absolute Gasteiger partial charge is 0.321 e. The van der Waals surface area contributed by atoms with Crippen molar-refractivity contribution < 1.29 is 14.0 Å². The summed E-state index contributed by atoms with van der Waals surface area (Å²) in [6, 6.07) is 4.61. The number of thioether (sulfide) groups is 1. The van der Waals surface area contributed by atoms with Gasteiger partial charge in [-0.15, -0.1) is 0 Å². The number of rotatable bonds is 5. The summed E-state index contributed by atoms with van der Waals surface area (Å²) in [5.41, 5.74) is 1.23. The van der Waals surface area contributed by atoms with Crippen molar-refractivity contribution in [1.29, 1.82) is 0 Å². The van der Waals surface area contributed by atoms with Gasteiger partial charge >= 0.3 is 6.03 Å². The van der Waals surface area contributed by atoms with Crippen LogP contribution >= 0.6 is 23.4 Å². The summed E-state index contributed by atoms with van der Waals surface area (Å²) in [6.07, 6.45) is 0. The number of nitrogens with one attached hydrogen (secondary N) is 2. The molecule has 0 radical (unpaired) electrons. The zero-order valence-electron chi connectivity index (χ0n) is 12.2. The number of imide groups is 1. The number of carbonyl (C=O) groups is 2. The summed E-state index contributed by atoms with van der Waals surface area (Å²) < 4.78 is 5.47. The van der Waals surface area contributed by atoms with Gasteiger partial charge in [-0.1, -0.05) is 37.2 Å². The Morgan fingerprint density at radius 2 is 2.18 bits per heavy atom. The maximum atomic E-state index is 11.7. The van der Waals surface area contributed by atoms with E-state index >= 15 is 0 Å². The van der Waals surface area contributed by atoms with Crippen LogP contribution in [0.5, 0.6) is 0 Å². The molecule has 0 aliphatic heterocycles. The summed E-state index contributed by atoms with van der Waals surface area (Å²) in [4.78, 5) is 27.3. The van der Waals surface area contributed by atoms with Gasteiger partial charge in [0, 0.05) is 11.6 Å². The first kappa shape index (κ1) is 16.6. The first-order chi connectivity index (χ1) is 10.4. The van der Waals surface area contributed by atoms with Crippen LogP contribution in [0.2, 0.25) is 5.02 Å². The molecule has 0 saturated carbocycles. The van der Waals surface area contributed by atoms with Crippen molar-refractivity contribution in [2.45, 2.75) is 19.1 Å². The number of fused-ring (bicyclic) bond motifs is 1. The number of oxazole rings is 1. The standard InChI is InChI=1S/C14H16ClN3O3S/c1-8(2)6-16-13(20)18-12(19)7-22-14-17-10-5-9(15)3-4-11(10)21-14/h3-5,8H,6-7H2,1-2H3,(H2,16,18,19,20). The molecule has 8 heteroatoms. The van der Waals surface area contributed by atoms with Gasteiger partial charge in [-0.3, -0.25) is 10.1 Å². The Bertz CT molecular complexity index is 687. The highest BCUT2D eigenvalue weighted by molar-refractivity contribution is 7.99. The van der Waals surface area contributed by atoms with E-state index in [1.807, 2.05) is 13.8 Å². The van der Waals surface area contributed by atoms with Crippen molar-refractivity contribution in [2.24, 2.45) is 5.92 Å². The lowest BCUT2D eigenvalue weighted by Gasteiger charge is -2.07. The summed E-state index contributed by atoms with van der Waals surface area (Å²) in [5.74, 6) is -0.0521. The van der Waals surface area contributed by atoms with Crippen LogP contribution in [-0.2, 0) is 4.79 Å². The average Bonchev–Trinajstić information content (AvgIpc) is 2.85. The number of hydrogen-bond acceptors (Lipinski definition) is 5. The summed E-state index contributed by atoms with van der Waals surface area (Å²) in [7, 11) is 0. The number of hydrogen-bond donors (Lipinski definition) is 2. The lowest BCUT2D eigenvalue weighted by Crippen LogP contribution is -2.41. The van der Waals surface area contributed by atoms with E-state index in [4.69, 9.17) is 16.0 Å². The number of nitrogens with zero attached hydrogens (tertiary/aromatic N) is 1. The van der Waals surface area contributed by atoms with E-state index in [0.29, 0.717) is 33.8 Å². The van der Waals surface area contributed by atoms with Crippen LogP contribution in [0.15, 0.2) is 27.8 Å². The summed E-state index contributed by atoms with van der Waals surface area (Å²) >= 11 is 6.98. The van der Waals surface area contributed by atoms with Crippen molar-refractivity contribution in [3.8, 4) is 0 Å². The van der Waals surface area contributed by atoms with E-state index in [9.17, 15) is 9.59 Å². The van der Waals surface area contributed by atoms with Crippen LogP contribution in [0.1, 0.15) is 13.8 Å². The Kier molecular flexibility index (Phi) is 5.68. The highest BCUT2D eigenvalue weighted by Gasteiger charge is 2.12. The SMILES string of the molecule is CC(C)CNC(=O)NC(=O)CSc1nc2cc(Cl)ccc2o1. The minimum Gasteiger partial charge on any atom is -0.431 e. The molecule has 2 rings (SSSR count). The van der Waals surface area contributed by atoms with Crippen LogP contribution in [0.25, 0.3) is 11.1 Å². The first-order valence-corrected chi connectivity index (χ1v) is 8.07. The monoisotopic (exact) mass is 341 g/mol. The van der Waals surface area contributed by atoms with Crippen LogP contribution < -0.4 is 10.6 Å². The van der Waals surface area contributed by atoms with Gasteiger partial charge in [0.1, 0.15) is 5.52 Å². The first-order valence-electron chi connectivity index (χ1n) is 6.70. The van der Waals surface area contributed by atoms with Crippen LogP contribution in [0.4, 0.5) is 4.79 Å². The second kappa shape index (κ2) is 7.51. The lowest BCUT2D eigenvalue weighted by molar-refractivity contribution is -0.117. The highest BCUT2D eigenvalue weighted by atomic mass is 35.5. The third-order valence-electron chi connectivity index (χ3n) is 2.58. The van der Waals surface area contributed by atoms with E-state index in [2.05, 4.69) is 15.6 Å². The fraction of sp³-hybridized carbons (Fsp3) is 0.357. The number of aromatic nitrogens is 1. The molecule has 0 fully saturated rings. The topological polar surface area (TPSA) is 84.2 Å². The van der Waals surface area contributed by atoms with E-state index < -0.39 is 11.9 Å². The zero-order valence-corrected chi connectivity index (χ0v) is 13.8. The van der Waals surface area contributed by atoms with Crippen molar-refractivity contribution >= 4 is 46.4 Å². The second-order valence-electron chi connectivity index (χ2n) is 5.03. The average molecular weight is 342 g/mol. The molecule has 6 nitrogen and oxygen atoms in total. The van der Waals surface area contributed by atoms with Gasteiger partial charge in [-0.05, 0) is 24.1 Å². The Balaban J connectivity index is 1.83. The number of halogens is 1. The third kappa shape index (κ3) is 4.92. The van der Waals surface area contributed by atoms with Gasteiger partial charge in [0.25, 0.3) is 5.22 Å². The van der Waals surface area contributed by atoms with Crippen LogP contribution in [-0.4, -0.2) is 29.2 Å². The minimum absolute atomic E-state index is 0.0374. The van der Waals surface area contributed by atoms with Gasteiger partial charge in [0.05, 0.1) is 5.75 Å². The molecule has 1 aromatic carbocycles.